The Morgan fingerprint density at radius 3 is 2.77 bits per heavy atom. The summed E-state index contributed by atoms with van der Waals surface area (Å²) in [5.74, 6) is 1.34. The number of β-amino-alcohol motifs (C(OH)–C–C–N with tert-alkyl or cyclic N) is 1. The van der Waals surface area contributed by atoms with Crippen molar-refractivity contribution in [2.24, 2.45) is 0 Å². The lowest BCUT2D eigenvalue weighted by Crippen LogP contribution is -2.28. The Balaban J connectivity index is 0.00000253. The largest absolute Gasteiger partial charge is 0.454 e. The Labute approximate surface area is 218 Å². The van der Waals surface area contributed by atoms with E-state index in [1.165, 1.54) is 11.3 Å². The summed E-state index contributed by atoms with van der Waals surface area (Å²) in [5, 5.41) is 14.4. The van der Waals surface area contributed by atoms with E-state index in [2.05, 4.69) is 15.2 Å². The first-order chi connectivity index (χ1) is 16.5. The van der Waals surface area contributed by atoms with Crippen molar-refractivity contribution in [2.45, 2.75) is 36.8 Å². The fourth-order valence-corrected chi connectivity index (χ4v) is 6.09. The van der Waals surface area contributed by atoms with Crippen LogP contribution in [-0.2, 0) is 10.2 Å². The summed E-state index contributed by atoms with van der Waals surface area (Å²) in [6.45, 7) is 1.55. The van der Waals surface area contributed by atoms with Gasteiger partial charge >= 0.3 is 0 Å². The minimum atomic E-state index is -0.561. The zero-order chi connectivity index (χ0) is 23.3. The third kappa shape index (κ3) is 4.49. The van der Waals surface area contributed by atoms with Gasteiger partial charge in [0, 0.05) is 29.2 Å². The predicted octanol–water partition coefficient (Wildman–Crippen LogP) is 4.77. The molecule has 1 saturated carbocycles. The van der Waals surface area contributed by atoms with Gasteiger partial charge < -0.3 is 19.9 Å². The highest BCUT2D eigenvalue weighted by molar-refractivity contribution is 7.15. The zero-order valence-electron chi connectivity index (χ0n) is 18.8. The van der Waals surface area contributed by atoms with Gasteiger partial charge in [-0.3, -0.25) is 9.69 Å². The van der Waals surface area contributed by atoms with Crippen molar-refractivity contribution in [3.63, 3.8) is 0 Å². The number of halogens is 2. The van der Waals surface area contributed by atoms with Crippen molar-refractivity contribution < 1.29 is 19.4 Å². The molecular formula is C25H25Cl2N3O4S. The van der Waals surface area contributed by atoms with Gasteiger partial charge in [0.25, 0.3) is 0 Å². The van der Waals surface area contributed by atoms with Crippen molar-refractivity contribution in [1.82, 2.24) is 9.88 Å². The quantitative estimate of drug-likeness (QED) is 0.474. The minimum absolute atomic E-state index is 0. The van der Waals surface area contributed by atoms with Crippen LogP contribution in [0, 0.1) is 0 Å². The standard InChI is InChI=1S/C25H24ClN3O4S.ClH/c26-18-4-2-1-3-17(18)22(29-10-7-16(30)13-29)21-12-27-24(34-21)28-23(31)25(8-9-25)15-5-6-19-20(11-15)33-14-32-19;/h1-6,11-12,16,22,30H,7-10,13-14H2,(H,27,28,31);1H/t16-,22+;/m1./s1. The molecule has 3 heterocycles. The summed E-state index contributed by atoms with van der Waals surface area (Å²) < 4.78 is 10.9. The molecule has 1 amide bonds. The summed E-state index contributed by atoms with van der Waals surface area (Å²) in [4.78, 5) is 21.0. The third-order valence-corrected chi connectivity index (χ3v) is 8.19. The summed E-state index contributed by atoms with van der Waals surface area (Å²) in [6.07, 6.45) is 3.74. The Hall–Kier alpha value is -2.36. The Bertz CT molecular complexity index is 1250. The number of hydrogen-bond donors (Lipinski definition) is 2. The Morgan fingerprint density at radius 1 is 1.23 bits per heavy atom. The average molecular weight is 534 g/mol. The number of nitrogens with zero attached hydrogens (tertiary/aromatic N) is 2. The molecule has 3 aromatic rings. The van der Waals surface area contributed by atoms with E-state index in [4.69, 9.17) is 21.1 Å². The number of nitrogens with one attached hydrogen (secondary N) is 1. The second-order valence-electron chi connectivity index (χ2n) is 9.03. The third-order valence-electron chi connectivity index (χ3n) is 6.88. The SMILES string of the molecule is Cl.O=C(Nc1ncc([C@H](c2ccccc2Cl)N2CC[C@@H](O)C2)s1)C1(c2ccc3c(c2)OCO3)CC1. The normalized spacial score (nSPS) is 20.8. The minimum Gasteiger partial charge on any atom is -0.454 e. The second-order valence-corrected chi connectivity index (χ2v) is 10.5. The first-order valence-corrected chi connectivity index (χ1v) is 12.6. The lowest BCUT2D eigenvalue weighted by atomic mass is 9.94. The highest BCUT2D eigenvalue weighted by atomic mass is 35.5. The number of carbonyl (C=O) groups is 1. The number of thiazole rings is 1. The number of ether oxygens (including phenoxy) is 2. The van der Waals surface area contributed by atoms with Gasteiger partial charge in [-0.05, 0) is 48.6 Å². The molecule has 0 radical (unpaired) electrons. The highest BCUT2D eigenvalue weighted by Crippen LogP contribution is 2.51. The van der Waals surface area contributed by atoms with Crippen LogP contribution in [0.1, 0.15) is 41.3 Å². The average Bonchev–Trinajstić information content (AvgIpc) is 3.13. The van der Waals surface area contributed by atoms with Crippen LogP contribution in [0.4, 0.5) is 5.13 Å². The molecule has 1 aromatic heterocycles. The van der Waals surface area contributed by atoms with E-state index in [1.54, 1.807) is 6.20 Å². The van der Waals surface area contributed by atoms with E-state index in [9.17, 15) is 9.90 Å². The molecule has 184 valence electrons. The number of anilines is 1. The van der Waals surface area contributed by atoms with Gasteiger partial charge in [0.05, 0.1) is 17.6 Å². The van der Waals surface area contributed by atoms with Gasteiger partial charge in [0.2, 0.25) is 12.7 Å². The number of fused-ring (bicyclic) bond motifs is 1. The van der Waals surface area contributed by atoms with Gasteiger partial charge in [0.15, 0.2) is 16.6 Å². The number of aliphatic hydroxyl groups excluding tert-OH is 1. The zero-order valence-corrected chi connectivity index (χ0v) is 21.2. The van der Waals surface area contributed by atoms with Crippen molar-refractivity contribution in [3.05, 3.63) is 69.7 Å². The van der Waals surface area contributed by atoms with E-state index in [-0.39, 0.29) is 37.3 Å². The molecule has 0 unspecified atom stereocenters. The molecule has 2 fully saturated rings. The number of carbonyl (C=O) groups excluding carboxylic acids is 1. The van der Waals surface area contributed by atoms with E-state index < -0.39 is 5.41 Å². The molecule has 0 bridgehead atoms. The summed E-state index contributed by atoms with van der Waals surface area (Å²) in [6, 6.07) is 13.4. The van der Waals surface area contributed by atoms with E-state index in [0.717, 1.165) is 41.8 Å². The fraction of sp³-hybridized carbons (Fsp3) is 0.360. The maximum atomic E-state index is 13.3. The molecule has 0 spiro atoms. The van der Waals surface area contributed by atoms with Crippen molar-refractivity contribution in [2.75, 3.05) is 25.2 Å². The van der Waals surface area contributed by atoms with Crippen LogP contribution in [0.3, 0.4) is 0 Å². The van der Waals surface area contributed by atoms with Gasteiger partial charge in [-0.15, -0.1) is 12.4 Å². The molecule has 3 aliphatic rings. The first kappa shape index (κ1) is 24.3. The van der Waals surface area contributed by atoms with Crippen LogP contribution in [0.2, 0.25) is 5.02 Å². The van der Waals surface area contributed by atoms with Gasteiger partial charge in [-0.25, -0.2) is 4.98 Å². The number of hydrogen-bond acceptors (Lipinski definition) is 7. The number of aromatic nitrogens is 1. The van der Waals surface area contributed by atoms with Crippen LogP contribution in [-0.4, -0.2) is 46.9 Å². The van der Waals surface area contributed by atoms with Crippen molar-refractivity contribution in [1.29, 1.82) is 0 Å². The Kier molecular flexibility index (Phi) is 6.67. The Morgan fingerprint density at radius 2 is 2.03 bits per heavy atom. The molecule has 2 N–H and O–H groups in total. The van der Waals surface area contributed by atoms with Crippen LogP contribution in [0.5, 0.6) is 11.5 Å². The number of rotatable bonds is 6. The van der Waals surface area contributed by atoms with Crippen molar-refractivity contribution >= 4 is 46.4 Å². The second kappa shape index (κ2) is 9.59. The lowest BCUT2D eigenvalue weighted by molar-refractivity contribution is -0.118. The molecule has 2 atom stereocenters. The molecular weight excluding hydrogens is 509 g/mol. The maximum Gasteiger partial charge on any atom is 0.236 e. The molecule has 10 heteroatoms. The van der Waals surface area contributed by atoms with Crippen LogP contribution >= 0.6 is 35.3 Å². The smallest absolute Gasteiger partial charge is 0.236 e. The van der Waals surface area contributed by atoms with E-state index in [1.807, 2.05) is 42.5 Å². The molecule has 2 aliphatic heterocycles. The predicted molar refractivity (Wildman–Crippen MR) is 137 cm³/mol. The van der Waals surface area contributed by atoms with Crippen LogP contribution in [0.25, 0.3) is 0 Å². The fourth-order valence-electron chi connectivity index (χ4n) is 4.88. The van der Waals surface area contributed by atoms with Gasteiger partial charge in [-0.2, -0.15) is 0 Å². The molecule has 6 rings (SSSR count). The topological polar surface area (TPSA) is 83.9 Å². The first-order valence-electron chi connectivity index (χ1n) is 11.4. The lowest BCUT2D eigenvalue weighted by Gasteiger charge is -2.27. The van der Waals surface area contributed by atoms with Crippen LogP contribution < -0.4 is 14.8 Å². The monoisotopic (exact) mass is 533 g/mol. The highest BCUT2D eigenvalue weighted by Gasteiger charge is 2.52. The number of likely N-dealkylation sites (tertiary alicyclic amines) is 1. The molecule has 35 heavy (non-hydrogen) atoms. The molecule has 7 nitrogen and oxygen atoms in total. The maximum absolute atomic E-state index is 13.3. The van der Waals surface area contributed by atoms with E-state index >= 15 is 0 Å². The van der Waals surface area contributed by atoms with Crippen molar-refractivity contribution in [3.8, 4) is 11.5 Å². The van der Waals surface area contributed by atoms with E-state index in [0.29, 0.717) is 28.2 Å². The number of amides is 1. The van der Waals surface area contributed by atoms with Gasteiger partial charge in [0.1, 0.15) is 0 Å². The number of aliphatic hydroxyl groups is 1. The summed E-state index contributed by atoms with van der Waals surface area (Å²) in [5.41, 5.74) is 1.35. The summed E-state index contributed by atoms with van der Waals surface area (Å²) in [7, 11) is 0. The molecule has 1 aliphatic carbocycles. The van der Waals surface area contributed by atoms with Crippen LogP contribution in [0.15, 0.2) is 48.7 Å². The number of benzene rings is 2. The molecule has 2 aromatic carbocycles. The molecule has 1 saturated heterocycles. The summed E-state index contributed by atoms with van der Waals surface area (Å²) >= 11 is 8.01. The van der Waals surface area contributed by atoms with Gasteiger partial charge in [-0.1, -0.05) is 47.2 Å².